The molecule has 1 saturated heterocycles. The summed E-state index contributed by atoms with van der Waals surface area (Å²) in [5.41, 5.74) is 0. The Kier molecular flexibility index (Phi) is 34.8. The minimum absolute atomic E-state index is 0. The monoisotopic (exact) mass is 582 g/mol. The van der Waals surface area contributed by atoms with Gasteiger partial charge < -0.3 is 33.0 Å². The first-order valence-corrected chi connectivity index (χ1v) is 4.72. The first kappa shape index (κ1) is 34.5. The van der Waals surface area contributed by atoms with Gasteiger partial charge in [-0.05, 0) is 25.9 Å². The van der Waals surface area contributed by atoms with Crippen LogP contribution in [0.25, 0.3) is 5.41 Å². The molecule has 20 heavy (non-hydrogen) atoms. The summed E-state index contributed by atoms with van der Waals surface area (Å²) in [4.78, 5) is 22.3. The Labute approximate surface area is 221 Å². The number of ketones is 1. The molecule has 10 heteroatoms. The zero-order valence-corrected chi connectivity index (χ0v) is 22.9. The molecule has 0 bridgehead atoms. The van der Waals surface area contributed by atoms with E-state index in [2.05, 4.69) is 5.32 Å². The zero-order valence-electron chi connectivity index (χ0n) is 11.5. The maximum Gasteiger partial charge on any atom is 0.131 e. The van der Waals surface area contributed by atoms with Crippen molar-refractivity contribution in [2.45, 2.75) is 25.0 Å². The second-order valence-corrected chi connectivity index (χ2v) is 3.49. The van der Waals surface area contributed by atoms with Crippen LogP contribution in [0.15, 0.2) is 0 Å². The van der Waals surface area contributed by atoms with Crippen LogP contribution in [0.2, 0.25) is 0 Å². The summed E-state index contributed by atoms with van der Waals surface area (Å²) in [6.07, 6.45) is 2.16. The van der Waals surface area contributed by atoms with Crippen molar-refractivity contribution in [1.82, 2.24) is 10.2 Å². The van der Waals surface area contributed by atoms with Gasteiger partial charge in [0.15, 0.2) is 0 Å². The van der Waals surface area contributed by atoms with Crippen LogP contribution < -0.4 is 5.32 Å². The summed E-state index contributed by atoms with van der Waals surface area (Å²) >= 11 is 0. The van der Waals surface area contributed by atoms with Gasteiger partial charge in [-0.1, -0.05) is 0 Å². The van der Waals surface area contributed by atoms with Crippen molar-refractivity contribution in [3.05, 3.63) is 12.8 Å². The largest absolute Gasteiger partial charge is 0.585 e. The minimum Gasteiger partial charge on any atom is -0.585 e. The molecule has 0 aromatic rings. The van der Waals surface area contributed by atoms with E-state index in [-0.39, 0.29) is 163 Å². The Bertz CT molecular complexity index is 264. The summed E-state index contributed by atoms with van der Waals surface area (Å²) in [6.45, 7) is 0.472. The third-order valence-electron chi connectivity index (χ3n) is 2.36. The molecule has 2 N–H and O–H groups in total. The van der Waals surface area contributed by atoms with Crippen molar-refractivity contribution in [3.8, 4) is 0 Å². The minimum atomic E-state index is -0.513. The molecule has 1 heterocycles. The SMILES string of the molecule is [CH3-].[N-]=CN([C-]=O)CC(=O)C[C@H]1NCC[C@@H]1O.[Y].[Y].[Y].[Y]. The van der Waals surface area contributed by atoms with E-state index < -0.39 is 6.10 Å². The third-order valence-corrected chi connectivity index (χ3v) is 2.36. The molecule has 4 radical (unpaired) electrons. The van der Waals surface area contributed by atoms with E-state index in [9.17, 15) is 14.7 Å². The van der Waals surface area contributed by atoms with Crippen molar-refractivity contribution >= 4 is 18.5 Å². The van der Waals surface area contributed by atoms with Crippen LogP contribution >= 0.6 is 0 Å². The molecule has 1 aliphatic rings. The van der Waals surface area contributed by atoms with Crippen molar-refractivity contribution in [1.29, 1.82) is 0 Å². The fourth-order valence-electron chi connectivity index (χ4n) is 1.56. The predicted octanol–water partition coefficient (Wildman–Crippen LogP) is -0.924. The maximum absolute atomic E-state index is 11.4. The third kappa shape index (κ3) is 13.6. The van der Waals surface area contributed by atoms with Gasteiger partial charge in [-0.3, -0.25) is 11.1 Å². The predicted molar refractivity (Wildman–Crippen MR) is 60.3 cm³/mol. The fourth-order valence-corrected chi connectivity index (χ4v) is 1.56. The van der Waals surface area contributed by atoms with Crippen LogP contribution in [0, 0.1) is 7.43 Å². The van der Waals surface area contributed by atoms with E-state index in [1.807, 2.05) is 0 Å². The summed E-state index contributed by atoms with van der Waals surface area (Å²) in [7, 11) is 0. The van der Waals surface area contributed by atoms with Gasteiger partial charge >= 0.3 is 0 Å². The molecule has 1 amide bonds. The molecule has 6 nitrogen and oxygen atoms in total. The maximum atomic E-state index is 11.4. The van der Waals surface area contributed by atoms with E-state index in [4.69, 9.17) is 5.41 Å². The number of nitrogens with zero attached hydrogens (tertiary/aromatic N) is 2. The Hall–Kier alpha value is 3.15. The number of nitrogens with one attached hydrogen (secondary N) is 1. The number of carbonyl (C=O) groups is 1. The number of Topliss-reactive ketones (excluding diaryl/α,β-unsaturated/α-hetero) is 1. The Morgan fingerprint density at radius 3 is 2.30 bits per heavy atom. The topological polar surface area (TPSA) is 91.9 Å². The number of rotatable bonds is 6. The van der Waals surface area contributed by atoms with Crippen LogP contribution in [-0.4, -0.2) is 53.8 Å². The number of hydrogen-bond acceptors (Lipinski definition) is 4. The normalized spacial score (nSPS) is 18.6. The average molecular weight is 582 g/mol. The van der Waals surface area contributed by atoms with E-state index in [1.165, 1.54) is 6.41 Å². The number of carbonyl (C=O) groups excluding carboxylic acids is 2. The van der Waals surface area contributed by atoms with Gasteiger partial charge in [0, 0.05) is 143 Å². The molecular formula is C10H16N3O3Y4-3. The Morgan fingerprint density at radius 2 is 1.95 bits per heavy atom. The van der Waals surface area contributed by atoms with Gasteiger partial charge in [0.25, 0.3) is 0 Å². The molecule has 1 fully saturated rings. The molecule has 0 aromatic heterocycles. The van der Waals surface area contributed by atoms with E-state index in [0.29, 0.717) is 19.3 Å². The van der Waals surface area contributed by atoms with Crippen LogP contribution in [0.1, 0.15) is 12.8 Å². The summed E-state index contributed by atoms with van der Waals surface area (Å²) in [5, 5.41) is 20.9. The zero-order chi connectivity index (χ0) is 11.3. The summed E-state index contributed by atoms with van der Waals surface area (Å²) < 4.78 is 0. The van der Waals surface area contributed by atoms with Crippen LogP contribution in [0.5, 0.6) is 0 Å². The summed E-state index contributed by atoms with van der Waals surface area (Å²) in [6, 6.07) is -0.246. The second kappa shape index (κ2) is 20.2. The summed E-state index contributed by atoms with van der Waals surface area (Å²) in [5.74, 6) is -0.234. The molecule has 2 atom stereocenters. The van der Waals surface area contributed by atoms with Crippen molar-refractivity contribution in [2.24, 2.45) is 0 Å². The van der Waals surface area contributed by atoms with Crippen molar-refractivity contribution < 1.29 is 146 Å². The molecule has 0 saturated carbocycles. The molecular weight excluding hydrogens is 566 g/mol. The van der Waals surface area contributed by atoms with Gasteiger partial charge in [0.1, 0.15) is 5.78 Å². The van der Waals surface area contributed by atoms with Gasteiger partial charge in [-0.25, -0.2) is 0 Å². The van der Waals surface area contributed by atoms with Crippen LogP contribution in [0.3, 0.4) is 0 Å². The van der Waals surface area contributed by atoms with E-state index in [1.54, 1.807) is 0 Å². The van der Waals surface area contributed by atoms with Crippen LogP contribution in [-0.2, 0) is 140 Å². The van der Waals surface area contributed by atoms with Crippen molar-refractivity contribution in [2.75, 3.05) is 13.1 Å². The first-order valence-electron chi connectivity index (χ1n) is 4.72. The smallest absolute Gasteiger partial charge is 0.131 e. The Morgan fingerprint density at radius 1 is 1.40 bits per heavy atom. The second-order valence-electron chi connectivity index (χ2n) is 3.49. The molecule has 0 unspecified atom stereocenters. The van der Waals surface area contributed by atoms with Crippen molar-refractivity contribution in [3.63, 3.8) is 0 Å². The molecule has 104 valence electrons. The number of amides is 1. The van der Waals surface area contributed by atoms with E-state index in [0.717, 1.165) is 4.90 Å². The molecule has 0 spiro atoms. The van der Waals surface area contributed by atoms with Crippen LogP contribution in [0.4, 0.5) is 0 Å². The first-order chi connectivity index (χ1) is 7.17. The molecule has 1 aliphatic heterocycles. The number of hydrogen-bond donors (Lipinski definition) is 2. The van der Waals surface area contributed by atoms with Gasteiger partial charge in [-0.15, -0.1) is 0 Å². The molecule has 1 rings (SSSR count). The number of aliphatic hydroxyl groups excluding tert-OH is 1. The molecule has 0 aromatic carbocycles. The Balaban J connectivity index is -0.000000150. The molecule has 0 aliphatic carbocycles. The standard InChI is InChI=1S/C9H13N3O3.CH3.4Y/c10-5-12(6-13)4-7(14)3-8-9(15)1-2-11-8;;;;;/h5,8-9,11,15H,1-4H2;1H3;;;;/q-2;-1;;;;/t8-,9+;;;;;/m1...../s1. The van der Waals surface area contributed by atoms with Gasteiger partial charge in [0.05, 0.1) is 6.10 Å². The van der Waals surface area contributed by atoms with Gasteiger partial charge in [0.2, 0.25) is 0 Å². The quantitative estimate of drug-likeness (QED) is 0.184. The van der Waals surface area contributed by atoms with Gasteiger partial charge in [-0.2, -0.15) is 0 Å². The fraction of sp³-hybridized carbons (Fsp3) is 0.600. The average Bonchev–Trinajstić information content (AvgIpc) is 2.61. The number of aliphatic hydroxyl groups is 1. The van der Waals surface area contributed by atoms with E-state index >= 15 is 0 Å².